The monoisotopic (exact) mass is 308 g/mol. The summed E-state index contributed by atoms with van der Waals surface area (Å²) in [7, 11) is 0. The predicted molar refractivity (Wildman–Crippen MR) is 76.8 cm³/mol. The van der Waals surface area contributed by atoms with Gasteiger partial charge in [0, 0.05) is 36.7 Å². The highest BCUT2D eigenvalue weighted by molar-refractivity contribution is 9.09. The van der Waals surface area contributed by atoms with E-state index in [4.69, 9.17) is 5.11 Å². The molecule has 2 aromatic rings. The van der Waals surface area contributed by atoms with Gasteiger partial charge in [-0.1, -0.05) is 15.9 Å². The molecule has 0 fully saturated rings. The van der Waals surface area contributed by atoms with Crippen LogP contribution in [0.5, 0.6) is 0 Å². The number of aliphatic hydroxyl groups is 1. The third-order valence-corrected chi connectivity index (χ3v) is 2.68. The van der Waals surface area contributed by atoms with Gasteiger partial charge in [-0.15, -0.1) is 0 Å². The van der Waals surface area contributed by atoms with Gasteiger partial charge in [0.15, 0.2) is 0 Å². The molecule has 0 saturated heterocycles. The first kappa shape index (κ1) is 14.8. The van der Waals surface area contributed by atoms with Crippen LogP contribution in [0.15, 0.2) is 49.1 Å². The fourth-order valence-corrected chi connectivity index (χ4v) is 1.79. The number of aryl methyl sites for hydroxylation is 1. The standard InChI is InChI=1S/C7H8BrN.C7H9NO/c8-4-1-7-2-5-9-6-3-7;9-6-3-7-1-4-8-5-2-7/h2-3,5-6H,1,4H2;1-2,4-5,9H,3,6H2. The number of alkyl halides is 1. The molecular formula is C14H17BrN2O. The first-order valence-corrected chi connectivity index (χ1v) is 6.93. The van der Waals surface area contributed by atoms with Crippen LogP contribution in [0.2, 0.25) is 0 Å². The summed E-state index contributed by atoms with van der Waals surface area (Å²) in [5.41, 5.74) is 2.47. The van der Waals surface area contributed by atoms with E-state index in [9.17, 15) is 0 Å². The molecule has 0 atom stereocenters. The number of aliphatic hydroxyl groups excluding tert-OH is 1. The van der Waals surface area contributed by atoms with Crippen molar-refractivity contribution >= 4 is 15.9 Å². The van der Waals surface area contributed by atoms with Crippen molar-refractivity contribution in [2.45, 2.75) is 12.8 Å². The normalized spacial score (nSPS) is 9.44. The fourth-order valence-electron chi connectivity index (χ4n) is 1.34. The topological polar surface area (TPSA) is 46.0 Å². The number of nitrogens with zero attached hydrogens (tertiary/aromatic N) is 2. The lowest BCUT2D eigenvalue weighted by molar-refractivity contribution is 0.299. The second-order valence-corrected chi connectivity index (χ2v) is 4.42. The van der Waals surface area contributed by atoms with Gasteiger partial charge in [-0.05, 0) is 48.2 Å². The van der Waals surface area contributed by atoms with Crippen molar-refractivity contribution < 1.29 is 5.11 Å². The largest absolute Gasteiger partial charge is 0.396 e. The summed E-state index contributed by atoms with van der Waals surface area (Å²) in [4.78, 5) is 7.76. The van der Waals surface area contributed by atoms with Gasteiger partial charge in [-0.2, -0.15) is 0 Å². The average molecular weight is 309 g/mol. The summed E-state index contributed by atoms with van der Waals surface area (Å²) >= 11 is 3.37. The minimum Gasteiger partial charge on any atom is -0.396 e. The molecule has 1 N–H and O–H groups in total. The average Bonchev–Trinajstić information content (AvgIpc) is 2.43. The smallest absolute Gasteiger partial charge is 0.0471 e. The number of pyridine rings is 2. The van der Waals surface area contributed by atoms with Crippen LogP contribution in [0.1, 0.15) is 11.1 Å². The summed E-state index contributed by atoms with van der Waals surface area (Å²) in [5, 5.41) is 9.52. The van der Waals surface area contributed by atoms with Gasteiger partial charge in [0.05, 0.1) is 0 Å². The van der Waals surface area contributed by atoms with Crippen LogP contribution in [-0.4, -0.2) is 27.0 Å². The van der Waals surface area contributed by atoms with Crippen LogP contribution < -0.4 is 0 Å². The molecule has 4 heteroatoms. The van der Waals surface area contributed by atoms with Crippen LogP contribution in [-0.2, 0) is 12.8 Å². The van der Waals surface area contributed by atoms with Crippen molar-refractivity contribution in [2.75, 3.05) is 11.9 Å². The summed E-state index contributed by atoms with van der Waals surface area (Å²) in [6.45, 7) is 0.212. The lowest BCUT2D eigenvalue weighted by Gasteiger charge is -1.92. The molecule has 18 heavy (non-hydrogen) atoms. The molecule has 0 aliphatic carbocycles. The molecule has 0 spiro atoms. The van der Waals surface area contributed by atoms with Crippen molar-refractivity contribution in [3.8, 4) is 0 Å². The minimum atomic E-state index is 0.212. The Morgan fingerprint density at radius 1 is 0.833 bits per heavy atom. The molecule has 0 aromatic carbocycles. The van der Waals surface area contributed by atoms with E-state index in [-0.39, 0.29) is 6.61 Å². The zero-order valence-electron chi connectivity index (χ0n) is 10.2. The molecule has 96 valence electrons. The van der Waals surface area contributed by atoms with Crippen LogP contribution >= 0.6 is 15.9 Å². The molecule has 0 aliphatic heterocycles. The second-order valence-electron chi connectivity index (χ2n) is 3.62. The lowest BCUT2D eigenvalue weighted by Crippen LogP contribution is -1.89. The number of hydrogen-bond acceptors (Lipinski definition) is 3. The number of rotatable bonds is 4. The van der Waals surface area contributed by atoms with E-state index in [0.717, 1.165) is 23.7 Å². The molecule has 3 nitrogen and oxygen atoms in total. The maximum Gasteiger partial charge on any atom is 0.0471 e. The van der Waals surface area contributed by atoms with Gasteiger partial charge in [-0.25, -0.2) is 0 Å². The maximum atomic E-state index is 8.50. The van der Waals surface area contributed by atoms with Gasteiger partial charge < -0.3 is 5.11 Å². The maximum absolute atomic E-state index is 8.50. The quantitative estimate of drug-likeness (QED) is 0.883. The number of halogens is 1. The zero-order valence-corrected chi connectivity index (χ0v) is 11.8. The molecule has 0 bridgehead atoms. The van der Waals surface area contributed by atoms with Crippen LogP contribution in [0, 0.1) is 0 Å². The molecule has 0 aliphatic rings. The van der Waals surface area contributed by atoms with Gasteiger partial charge in [-0.3, -0.25) is 9.97 Å². The third kappa shape index (κ3) is 6.47. The molecule has 0 radical (unpaired) electrons. The van der Waals surface area contributed by atoms with Gasteiger partial charge >= 0.3 is 0 Å². The molecule has 0 saturated carbocycles. The first-order chi connectivity index (χ1) is 8.86. The Bertz CT molecular complexity index is 367. The first-order valence-electron chi connectivity index (χ1n) is 5.81. The van der Waals surface area contributed by atoms with Crippen LogP contribution in [0.25, 0.3) is 0 Å². The molecule has 2 heterocycles. The summed E-state index contributed by atoms with van der Waals surface area (Å²) in [5.74, 6) is 0. The highest BCUT2D eigenvalue weighted by Gasteiger charge is 1.86. The third-order valence-electron chi connectivity index (χ3n) is 2.28. The van der Waals surface area contributed by atoms with Crippen molar-refractivity contribution in [3.63, 3.8) is 0 Å². The Morgan fingerprint density at radius 2 is 1.28 bits per heavy atom. The fraction of sp³-hybridized carbons (Fsp3) is 0.286. The lowest BCUT2D eigenvalue weighted by atomic mass is 10.2. The van der Waals surface area contributed by atoms with Crippen molar-refractivity contribution in [1.29, 1.82) is 0 Å². The number of aromatic nitrogens is 2. The predicted octanol–water partition coefficient (Wildman–Crippen LogP) is 2.64. The van der Waals surface area contributed by atoms with Gasteiger partial charge in [0.2, 0.25) is 0 Å². The van der Waals surface area contributed by atoms with Gasteiger partial charge in [0.1, 0.15) is 0 Å². The highest BCUT2D eigenvalue weighted by atomic mass is 79.9. The van der Waals surface area contributed by atoms with E-state index in [1.54, 1.807) is 12.4 Å². The van der Waals surface area contributed by atoms with Crippen LogP contribution in [0.4, 0.5) is 0 Å². The van der Waals surface area contributed by atoms with Gasteiger partial charge in [0.25, 0.3) is 0 Å². The molecule has 2 rings (SSSR count). The molecule has 0 unspecified atom stereocenters. The Kier molecular flexibility index (Phi) is 8.01. The molecule has 2 aromatic heterocycles. The van der Waals surface area contributed by atoms with E-state index < -0.39 is 0 Å². The van der Waals surface area contributed by atoms with Crippen molar-refractivity contribution in [2.24, 2.45) is 0 Å². The Hall–Kier alpha value is -1.26. The number of hydrogen-bond donors (Lipinski definition) is 1. The van der Waals surface area contributed by atoms with Crippen molar-refractivity contribution in [3.05, 3.63) is 60.2 Å². The van der Waals surface area contributed by atoms with E-state index in [0.29, 0.717) is 0 Å². The Balaban J connectivity index is 0.000000180. The molecular weight excluding hydrogens is 292 g/mol. The van der Waals surface area contributed by atoms with Crippen molar-refractivity contribution in [1.82, 2.24) is 9.97 Å². The SMILES string of the molecule is BrCCc1ccncc1.OCCc1ccncc1. The van der Waals surface area contributed by atoms with E-state index >= 15 is 0 Å². The van der Waals surface area contributed by atoms with E-state index in [2.05, 4.69) is 25.9 Å². The van der Waals surface area contributed by atoms with E-state index in [1.807, 2.05) is 36.7 Å². The highest BCUT2D eigenvalue weighted by Crippen LogP contribution is 1.98. The zero-order chi connectivity index (χ0) is 13.1. The molecule has 0 amide bonds. The summed E-state index contributed by atoms with van der Waals surface area (Å²) in [6, 6.07) is 7.86. The summed E-state index contributed by atoms with van der Waals surface area (Å²) in [6.07, 6.45) is 8.90. The Morgan fingerprint density at radius 3 is 1.67 bits per heavy atom. The van der Waals surface area contributed by atoms with Crippen LogP contribution in [0.3, 0.4) is 0 Å². The second kappa shape index (κ2) is 9.74. The van der Waals surface area contributed by atoms with E-state index in [1.165, 1.54) is 5.56 Å². The summed E-state index contributed by atoms with van der Waals surface area (Å²) < 4.78 is 0. The Labute approximate surface area is 116 Å². The minimum absolute atomic E-state index is 0.212.